The Balaban J connectivity index is 2.31. The summed E-state index contributed by atoms with van der Waals surface area (Å²) in [5.41, 5.74) is 0. The maximum absolute atomic E-state index is 13.5. The topological polar surface area (TPSA) is 0 Å². The first-order chi connectivity index (χ1) is 7.66. The van der Waals surface area contributed by atoms with Gasteiger partial charge in [-0.15, -0.1) is 0 Å². The van der Waals surface area contributed by atoms with Crippen molar-refractivity contribution in [3.63, 3.8) is 0 Å². The predicted octanol–water partition coefficient (Wildman–Crippen LogP) is 4.88. The van der Waals surface area contributed by atoms with Crippen LogP contribution < -0.4 is 0 Å². The van der Waals surface area contributed by atoms with Gasteiger partial charge < -0.3 is 0 Å². The molecule has 2 aromatic carbocycles. The third-order valence-electron chi connectivity index (χ3n) is 1.95. The van der Waals surface area contributed by atoms with E-state index in [1.807, 2.05) is 0 Å². The number of halogens is 3. The van der Waals surface area contributed by atoms with Crippen LogP contribution in [0.15, 0.2) is 56.7 Å². The molecule has 0 N–H and O–H groups in total. The SMILES string of the molecule is Fc1ccccc1Sc1ccc(Br)cc1F. The Bertz CT molecular complexity index is 514. The largest absolute Gasteiger partial charge is 0.206 e. The third-order valence-corrected chi connectivity index (χ3v) is 3.55. The average Bonchev–Trinajstić information content (AvgIpc) is 2.25. The van der Waals surface area contributed by atoms with Gasteiger partial charge in [-0.05, 0) is 30.3 Å². The van der Waals surface area contributed by atoms with Gasteiger partial charge in [-0.25, -0.2) is 8.78 Å². The molecule has 0 saturated heterocycles. The highest BCUT2D eigenvalue weighted by Crippen LogP contribution is 2.32. The fourth-order valence-corrected chi connectivity index (χ4v) is 2.38. The molecule has 82 valence electrons. The summed E-state index contributed by atoms with van der Waals surface area (Å²) in [6.45, 7) is 0. The van der Waals surface area contributed by atoms with E-state index < -0.39 is 0 Å². The highest BCUT2D eigenvalue weighted by atomic mass is 79.9. The zero-order valence-electron chi connectivity index (χ0n) is 8.08. The van der Waals surface area contributed by atoms with Crippen LogP contribution in [-0.4, -0.2) is 0 Å². The molecule has 0 spiro atoms. The summed E-state index contributed by atoms with van der Waals surface area (Å²) < 4.78 is 27.5. The van der Waals surface area contributed by atoms with Crippen LogP contribution in [0.5, 0.6) is 0 Å². The van der Waals surface area contributed by atoms with E-state index in [0.717, 1.165) is 11.8 Å². The monoisotopic (exact) mass is 300 g/mol. The van der Waals surface area contributed by atoms with Crippen LogP contribution in [0.3, 0.4) is 0 Å². The van der Waals surface area contributed by atoms with Gasteiger partial charge in [-0.1, -0.05) is 39.8 Å². The van der Waals surface area contributed by atoms with Crippen LogP contribution in [0.2, 0.25) is 0 Å². The van der Waals surface area contributed by atoms with Crippen LogP contribution in [0, 0.1) is 11.6 Å². The van der Waals surface area contributed by atoms with Gasteiger partial charge in [-0.2, -0.15) is 0 Å². The molecule has 0 aromatic heterocycles. The molecule has 0 atom stereocenters. The van der Waals surface area contributed by atoms with Crippen LogP contribution in [0.25, 0.3) is 0 Å². The predicted molar refractivity (Wildman–Crippen MR) is 64.6 cm³/mol. The summed E-state index contributed by atoms with van der Waals surface area (Å²) >= 11 is 4.25. The Hall–Kier alpha value is -0.870. The van der Waals surface area contributed by atoms with E-state index in [0.29, 0.717) is 14.3 Å². The van der Waals surface area contributed by atoms with E-state index in [2.05, 4.69) is 15.9 Å². The van der Waals surface area contributed by atoms with Crippen molar-refractivity contribution in [1.29, 1.82) is 0 Å². The molecule has 0 heterocycles. The lowest BCUT2D eigenvalue weighted by atomic mass is 10.3. The summed E-state index contributed by atoms with van der Waals surface area (Å²) in [6, 6.07) is 11.0. The molecule has 4 heteroatoms. The van der Waals surface area contributed by atoms with Gasteiger partial charge >= 0.3 is 0 Å². The van der Waals surface area contributed by atoms with Gasteiger partial charge in [0, 0.05) is 14.3 Å². The molecule has 16 heavy (non-hydrogen) atoms. The second kappa shape index (κ2) is 4.97. The minimum Gasteiger partial charge on any atom is -0.206 e. The average molecular weight is 301 g/mol. The minimum absolute atomic E-state index is 0.338. The van der Waals surface area contributed by atoms with Crippen molar-refractivity contribution in [1.82, 2.24) is 0 Å². The van der Waals surface area contributed by atoms with E-state index in [9.17, 15) is 8.78 Å². The maximum atomic E-state index is 13.5. The van der Waals surface area contributed by atoms with Crippen molar-refractivity contribution in [2.45, 2.75) is 9.79 Å². The zero-order valence-corrected chi connectivity index (χ0v) is 10.5. The third kappa shape index (κ3) is 2.62. The van der Waals surface area contributed by atoms with Crippen molar-refractivity contribution >= 4 is 27.7 Å². The Morgan fingerprint density at radius 2 is 1.56 bits per heavy atom. The Morgan fingerprint density at radius 1 is 0.875 bits per heavy atom. The van der Waals surface area contributed by atoms with E-state index in [4.69, 9.17) is 0 Å². The highest BCUT2D eigenvalue weighted by Gasteiger charge is 2.07. The minimum atomic E-state index is -0.359. The highest BCUT2D eigenvalue weighted by molar-refractivity contribution is 9.10. The fourth-order valence-electron chi connectivity index (χ4n) is 1.20. The molecule has 0 aliphatic carbocycles. The van der Waals surface area contributed by atoms with Gasteiger partial charge in [0.2, 0.25) is 0 Å². The Kier molecular flexibility index (Phi) is 3.61. The number of rotatable bonds is 2. The van der Waals surface area contributed by atoms with Crippen molar-refractivity contribution < 1.29 is 8.78 Å². The lowest BCUT2D eigenvalue weighted by molar-refractivity contribution is 0.595. The van der Waals surface area contributed by atoms with Gasteiger partial charge in [-0.3, -0.25) is 0 Å². The second-order valence-electron chi connectivity index (χ2n) is 3.11. The first-order valence-corrected chi connectivity index (χ1v) is 6.15. The van der Waals surface area contributed by atoms with Gasteiger partial charge in [0.1, 0.15) is 11.6 Å². The summed E-state index contributed by atoms with van der Waals surface area (Å²) in [5.74, 6) is -0.697. The summed E-state index contributed by atoms with van der Waals surface area (Å²) in [7, 11) is 0. The summed E-state index contributed by atoms with van der Waals surface area (Å²) in [5, 5.41) is 0. The molecule has 2 rings (SSSR count). The molecule has 0 nitrogen and oxygen atoms in total. The molecule has 0 radical (unpaired) electrons. The molecule has 0 bridgehead atoms. The molecule has 0 saturated carbocycles. The lowest BCUT2D eigenvalue weighted by Gasteiger charge is -2.04. The zero-order chi connectivity index (χ0) is 11.5. The Labute approximate surface area is 105 Å². The first-order valence-electron chi connectivity index (χ1n) is 4.54. The molecule has 0 amide bonds. The van der Waals surface area contributed by atoms with Crippen LogP contribution in [0.1, 0.15) is 0 Å². The standard InChI is InChI=1S/C12H7BrF2S/c13-8-5-6-12(10(15)7-8)16-11-4-2-1-3-9(11)14/h1-7H. The maximum Gasteiger partial charge on any atom is 0.138 e. The van der Waals surface area contributed by atoms with Crippen molar-refractivity contribution in [2.24, 2.45) is 0 Å². The smallest absolute Gasteiger partial charge is 0.138 e. The van der Waals surface area contributed by atoms with Crippen molar-refractivity contribution in [3.05, 3.63) is 58.6 Å². The fraction of sp³-hybridized carbons (Fsp3) is 0. The van der Waals surface area contributed by atoms with E-state index in [1.54, 1.807) is 30.3 Å². The van der Waals surface area contributed by atoms with E-state index >= 15 is 0 Å². The molecule has 2 aromatic rings. The van der Waals surface area contributed by atoms with Crippen molar-refractivity contribution in [3.8, 4) is 0 Å². The van der Waals surface area contributed by atoms with Crippen molar-refractivity contribution in [2.75, 3.05) is 0 Å². The molecule has 0 fully saturated rings. The molecular weight excluding hydrogens is 294 g/mol. The number of benzene rings is 2. The number of hydrogen-bond acceptors (Lipinski definition) is 1. The summed E-state index contributed by atoms with van der Waals surface area (Å²) in [6.07, 6.45) is 0. The van der Waals surface area contributed by atoms with Crippen LogP contribution in [-0.2, 0) is 0 Å². The second-order valence-corrected chi connectivity index (χ2v) is 5.11. The summed E-state index contributed by atoms with van der Waals surface area (Å²) in [4.78, 5) is 0.831. The quantitative estimate of drug-likeness (QED) is 0.762. The van der Waals surface area contributed by atoms with Crippen LogP contribution >= 0.6 is 27.7 Å². The van der Waals surface area contributed by atoms with Crippen LogP contribution in [0.4, 0.5) is 8.78 Å². The molecule has 0 aliphatic heterocycles. The number of hydrogen-bond donors (Lipinski definition) is 0. The van der Waals surface area contributed by atoms with Gasteiger partial charge in [0.15, 0.2) is 0 Å². The van der Waals surface area contributed by atoms with E-state index in [1.165, 1.54) is 12.1 Å². The first kappa shape index (κ1) is 11.6. The molecule has 0 aliphatic rings. The van der Waals surface area contributed by atoms with E-state index in [-0.39, 0.29) is 11.6 Å². The lowest BCUT2D eigenvalue weighted by Crippen LogP contribution is -1.83. The normalized spacial score (nSPS) is 10.4. The molecule has 0 unspecified atom stereocenters. The van der Waals surface area contributed by atoms with Gasteiger partial charge in [0.05, 0.1) is 0 Å². The molecular formula is C12H7BrF2S. The Morgan fingerprint density at radius 3 is 2.25 bits per heavy atom. The van der Waals surface area contributed by atoms with Gasteiger partial charge in [0.25, 0.3) is 0 Å².